The lowest BCUT2D eigenvalue weighted by molar-refractivity contribution is -0.385. The fourth-order valence-corrected chi connectivity index (χ4v) is 1.88. The second kappa shape index (κ2) is 7.17. The van der Waals surface area contributed by atoms with Gasteiger partial charge in [-0.3, -0.25) is 14.9 Å². The van der Waals surface area contributed by atoms with Gasteiger partial charge in [-0.25, -0.2) is 0 Å². The van der Waals surface area contributed by atoms with E-state index < -0.39 is 0 Å². The molecule has 0 saturated heterocycles. The van der Waals surface area contributed by atoms with Gasteiger partial charge in [0, 0.05) is 36.7 Å². The van der Waals surface area contributed by atoms with Crippen LogP contribution in [-0.2, 0) is 11.3 Å². The lowest BCUT2D eigenvalue weighted by atomic mass is 10.1. The van der Waals surface area contributed by atoms with Crippen LogP contribution in [0.15, 0.2) is 18.2 Å². The van der Waals surface area contributed by atoms with Crippen molar-refractivity contribution in [2.45, 2.75) is 46.2 Å². The minimum absolute atomic E-state index is 0.00936. The standard InChI is InChI=1S/C15H23N3O3/c1-11-5-6-12(9-13(11)18(20)21)10-16-8-7-14(19)17-15(2,3)4/h5-6,9,16H,7-8,10H2,1-4H3,(H,17,19). The summed E-state index contributed by atoms with van der Waals surface area (Å²) in [6.07, 6.45) is 0.380. The molecule has 6 nitrogen and oxygen atoms in total. The van der Waals surface area contributed by atoms with Crippen molar-refractivity contribution >= 4 is 11.6 Å². The summed E-state index contributed by atoms with van der Waals surface area (Å²) < 4.78 is 0. The van der Waals surface area contributed by atoms with E-state index >= 15 is 0 Å². The number of carbonyl (C=O) groups excluding carboxylic acids is 1. The van der Waals surface area contributed by atoms with Gasteiger partial charge >= 0.3 is 0 Å². The molecular formula is C15H23N3O3. The van der Waals surface area contributed by atoms with E-state index in [-0.39, 0.29) is 22.1 Å². The van der Waals surface area contributed by atoms with Crippen molar-refractivity contribution in [3.05, 3.63) is 39.4 Å². The molecule has 0 aliphatic rings. The number of nitro groups is 1. The predicted molar refractivity (Wildman–Crippen MR) is 82.1 cm³/mol. The van der Waals surface area contributed by atoms with Gasteiger partial charge in [0.25, 0.3) is 5.69 Å². The van der Waals surface area contributed by atoms with Gasteiger partial charge in [0.15, 0.2) is 0 Å². The van der Waals surface area contributed by atoms with Crippen LogP contribution in [0.4, 0.5) is 5.69 Å². The fraction of sp³-hybridized carbons (Fsp3) is 0.533. The van der Waals surface area contributed by atoms with Crippen LogP contribution in [0.5, 0.6) is 0 Å². The van der Waals surface area contributed by atoms with Crippen molar-refractivity contribution in [3.8, 4) is 0 Å². The van der Waals surface area contributed by atoms with Gasteiger partial charge in [-0.15, -0.1) is 0 Å². The number of nitrogens with zero attached hydrogens (tertiary/aromatic N) is 1. The zero-order valence-corrected chi connectivity index (χ0v) is 13.0. The molecular weight excluding hydrogens is 270 g/mol. The summed E-state index contributed by atoms with van der Waals surface area (Å²) in [5, 5.41) is 16.9. The maximum absolute atomic E-state index is 11.6. The topological polar surface area (TPSA) is 84.3 Å². The number of benzene rings is 1. The molecule has 1 amide bonds. The molecule has 0 aliphatic heterocycles. The summed E-state index contributed by atoms with van der Waals surface area (Å²) in [7, 11) is 0. The Bertz CT molecular complexity index is 521. The highest BCUT2D eigenvalue weighted by molar-refractivity contribution is 5.76. The third kappa shape index (κ3) is 6.35. The number of hydrogen-bond donors (Lipinski definition) is 2. The Balaban J connectivity index is 2.41. The van der Waals surface area contributed by atoms with Crippen molar-refractivity contribution in [2.24, 2.45) is 0 Å². The van der Waals surface area contributed by atoms with Crippen molar-refractivity contribution in [1.29, 1.82) is 0 Å². The molecule has 2 N–H and O–H groups in total. The molecule has 0 saturated carbocycles. The first-order valence-corrected chi connectivity index (χ1v) is 6.95. The van der Waals surface area contributed by atoms with Crippen molar-refractivity contribution in [3.63, 3.8) is 0 Å². The summed E-state index contributed by atoms with van der Waals surface area (Å²) in [6.45, 7) is 8.55. The molecule has 6 heteroatoms. The van der Waals surface area contributed by atoms with E-state index in [9.17, 15) is 14.9 Å². The summed E-state index contributed by atoms with van der Waals surface area (Å²) >= 11 is 0. The molecule has 0 spiro atoms. The van der Waals surface area contributed by atoms with Crippen LogP contribution < -0.4 is 10.6 Å². The molecule has 0 fully saturated rings. The van der Waals surface area contributed by atoms with E-state index in [1.165, 1.54) is 0 Å². The predicted octanol–water partition coefficient (Wildman–Crippen LogP) is 2.30. The fourth-order valence-electron chi connectivity index (χ4n) is 1.88. The molecule has 0 aliphatic carbocycles. The number of nitrogens with one attached hydrogen (secondary N) is 2. The van der Waals surface area contributed by atoms with Gasteiger partial charge in [0.05, 0.1) is 4.92 Å². The van der Waals surface area contributed by atoms with E-state index in [2.05, 4.69) is 10.6 Å². The summed E-state index contributed by atoms with van der Waals surface area (Å²) in [5.74, 6) is -0.00936. The Hall–Kier alpha value is -1.95. The van der Waals surface area contributed by atoms with E-state index in [1.54, 1.807) is 19.1 Å². The maximum Gasteiger partial charge on any atom is 0.272 e. The van der Waals surface area contributed by atoms with Gasteiger partial charge in [-0.1, -0.05) is 12.1 Å². The average Bonchev–Trinajstić information content (AvgIpc) is 2.34. The smallest absolute Gasteiger partial charge is 0.272 e. The molecule has 21 heavy (non-hydrogen) atoms. The van der Waals surface area contributed by atoms with Gasteiger partial charge in [0.1, 0.15) is 0 Å². The van der Waals surface area contributed by atoms with Crippen LogP contribution in [-0.4, -0.2) is 22.9 Å². The van der Waals surface area contributed by atoms with Crippen LogP contribution >= 0.6 is 0 Å². The monoisotopic (exact) mass is 293 g/mol. The number of aryl methyl sites for hydroxylation is 1. The Morgan fingerprint density at radius 3 is 2.57 bits per heavy atom. The Kier molecular flexibility index (Phi) is 5.84. The minimum atomic E-state index is -0.379. The van der Waals surface area contributed by atoms with Gasteiger partial charge in [-0.2, -0.15) is 0 Å². The molecule has 0 unspecified atom stereocenters. The lowest BCUT2D eigenvalue weighted by Crippen LogP contribution is -2.41. The van der Waals surface area contributed by atoms with Crippen LogP contribution in [0.3, 0.4) is 0 Å². The Labute approximate surface area is 125 Å². The highest BCUT2D eigenvalue weighted by atomic mass is 16.6. The van der Waals surface area contributed by atoms with Gasteiger partial charge < -0.3 is 10.6 Å². The molecule has 1 aromatic carbocycles. The third-order valence-corrected chi connectivity index (χ3v) is 2.84. The third-order valence-electron chi connectivity index (χ3n) is 2.84. The highest BCUT2D eigenvalue weighted by Crippen LogP contribution is 2.18. The largest absolute Gasteiger partial charge is 0.351 e. The first-order chi connectivity index (χ1) is 9.69. The Morgan fingerprint density at radius 1 is 1.33 bits per heavy atom. The van der Waals surface area contributed by atoms with Crippen LogP contribution in [0.2, 0.25) is 0 Å². The zero-order chi connectivity index (χ0) is 16.0. The molecule has 116 valence electrons. The van der Waals surface area contributed by atoms with Gasteiger partial charge in [0.2, 0.25) is 5.91 Å². The summed E-state index contributed by atoms with van der Waals surface area (Å²) in [5.41, 5.74) is 1.38. The Morgan fingerprint density at radius 2 is 2.00 bits per heavy atom. The molecule has 1 rings (SSSR count). The first kappa shape index (κ1) is 17.1. The van der Waals surface area contributed by atoms with Crippen LogP contribution in [0.1, 0.15) is 38.3 Å². The first-order valence-electron chi connectivity index (χ1n) is 6.95. The number of hydrogen-bond acceptors (Lipinski definition) is 4. The van der Waals surface area contributed by atoms with Crippen molar-refractivity contribution in [1.82, 2.24) is 10.6 Å². The zero-order valence-electron chi connectivity index (χ0n) is 13.0. The normalized spacial score (nSPS) is 11.2. The van der Waals surface area contributed by atoms with E-state index in [0.717, 1.165) is 5.56 Å². The van der Waals surface area contributed by atoms with Gasteiger partial charge in [-0.05, 0) is 33.3 Å². The molecule has 0 bridgehead atoms. The number of carbonyl (C=O) groups is 1. The van der Waals surface area contributed by atoms with Crippen molar-refractivity contribution < 1.29 is 9.72 Å². The molecule has 0 radical (unpaired) electrons. The average molecular weight is 293 g/mol. The van der Waals surface area contributed by atoms with E-state index in [4.69, 9.17) is 0 Å². The minimum Gasteiger partial charge on any atom is -0.351 e. The molecule has 0 heterocycles. The summed E-state index contributed by atoms with van der Waals surface area (Å²) in [6, 6.07) is 5.16. The highest BCUT2D eigenvalue weighted by Gasteiger charge is 2.13. The molecule has 0 aromatic heterocycles. The lowest BCUT2D eigenvalue weighted by Gasteiger charge is -2.20. The van der Waals surface area contributed by atoms with Crippen molar-refractivity contribution in [2.75, 3.05) is 6.54 Å². The van der Waals surface area contributed by atoms with E-state index in [1.807, 2.05) is 26.8 Å². The van der Waals surface area contributed by atoms with Crippen LogP contribution in [0, 0.1) is 17.0 Å². The maximum atomic E-state index is 11.6. The SMILES string of the molecule is Cc1ccc(CNCCC(=O)NC(C)(C)C)cc1[N+](=O)[O-]. The molecule has 0 atom stereocenters. The second-order valence-electron chi connectivity index (χ2n) is 6.10. The second-order valence-corrected chi connectivity index (χ2v) is 6.10. The van der Waals surface area contributed by atoms with E-state index in [0.29, 0.717) is 25.1 Å². The quantitative estimate of drug-likeness (QED) is 0.479. The number of nitro benzene ring substituents is 1. The molecule has 1 aromatic rings. The van der Waals surface area contributed by atoms with Crippen LogP contribution in [0.25, 0.3) is 0 Å². The summed E-state index contributed by atoms with van der Waals surface area (Å²) in [4.78, 5) is 22.1. The number of rotatable bonds is 6. The number of amides is 1.